The van der Waals surface area contributed by atoms with Gasteiger partial charge in [-0.15, -0.1) is 0 Å². The molecule has 0 aliphatic carbocycles. The van der Waals surface area contributed by atoms with E-state index in [4.69, 9.17) is 9.84 Å². The zero-order chi connectivity index (χ0) is 21.0. The van der Waals surface area contributed by atoms with Gasteiger partial charge in [0.2, 0.25) is 5.91 Å². The molecule has 1 atom stereocenters. The van der Waals surface area contributed by atoms with Gasteiger partial charge in [-0.25, -0.2) is 0 Å². The first-order valence-corrected chi connectivity index (χ1v) is 9.73. The Morgan fingerprint density at radius 3 is 2.66 bits per heavy atom. The summed E-state index contributed by atoms with van der Waals surface area (Å²) in [6.45, 7) is 7.77. The van der Waals surface area contributed by atoms with Gasteiger partial charge < -0.3 is 14.7 Å². The molecule has 2 aromatic rings. The van der Waals surface area contributed by atoms with E-state index in [0.29, 0.717) is 26.2 Å². The number of carbonyl (C=O) groups is 2. The molecule has 1 aliphatic rings. The number of morpholine rings is 1. The van der Waals surface area contributed by atoms with Crippen molar-refractivity contribution in [3.63, 3.8) is 0 Å². The third-order valence-corrected chi connectivity index (χ3v) is 5.14. The Labute approximate surface area is 170 Å². The number of aromatic nitrogens is 2. The van der Waals surface area contributed by atoms with Crippen LogP contribution in [0.1, 0.15) is 34.5 Å². The molecule has 1 amide bonds. The first-order chi connectivity index (χ1) is 13.8. The van der Waals surface area contributed by atoms with Crippen LogP contribution >= 0.6 is 0 Å². The molecule has 1 saturated heterocycles. The van der Waals surface area contributed by atoms with Gasteiger partial charge >= 0.3 is 5.97 Å². The lowest BCUT2D eigenvalue weighted by atomic mass is 10.1. The van der Waals surface area contributed by atoms with Crippen LogP contribution in [0.25, 0.3) is 6.08 Å². The number of ether oxygens (including phenoxy) is 1. The number of carboxylic acid groups (broad SMARTS) is 1. The fourth-order valence-corrected chi connectivity index (χ4v) is 3.47. The van der Waals surface area contributed by atoms with Gasteiger partial charge in [-0.05, 0) is 32.4 Å². The second kappa shape index (κ2) is 9.05. The highest BCUT2D eigenvalue weighted by atomic mass is 16.5. The highest BCUT2D eigenvalue weighted by Gasteiger charge is 2.25. The van der Waals surface area contributed by atoms with Gasteiger partial charge in [-0.1, -0.05) is 29.8 Å². The van der Waals surface area contributed by atoms with Crippen LogP contribution < -0.4 is 0 Å². The number of amides is 1. The maximum Gasteiger partial charge on any atom is 0.306 e. The number of carbonyl (C=O) groups excluding carboxylic acids is 1. The lowest BCUT2D eigenvalue weighted by Gasteiger charge is -2.31. The fraction of sp³-hybridized carbons (Fsp3) is 0.409. The molecular weight excluding hydrogens is 370 g/mol. The summed E-state index contributed by atoms with van der Waals surface area (Å²) in [5.74, 6) is -1.07. The van der Waals surface area contributed by atoms with Crippen LogP contribution in [0.5, 0.6) is 0 Å². The molecule has 29 heavy (non-hydrogen) atoms. The topological polar surface area (TPSA) is 84.7 Å². The van der Waals surface area contributed by atoms with Crippen LogP contribution in [-0.2, 0) is 20.9 Å². The van der Waals surface area contributed by atoms with E-state index in [1.54, 1.807) is 11.0 Å². The van der Waals surface area contributed by atoms with Crippen molar-refractivity contribution in [1.29, 1.82) is 0 Å². The van der Waals surface area contributed by atoms with E-state index in [1.807, 2.05) is 18.5 Å². The highest BCUT2D eigenvalue weighted by molar-refractivity contribution is 5.92. The van der Waals surface area contributed by atoms with Crippen LogP contribution in [0, 0.1) is 20.8 Å². The molecule has 0 bridgehead atoms. The van der Waals surface area contributed by atoms with Gasteiger partial charge in [0.1, 0.15) is 0 Å². The predicted molar refractivity (Wildman–Crippen MR) is 110 cm³/mol. The van der Waals surface area contributed by atoms with Crippen molar-refractivity contribution in [2.24, 2.45) is 0 Å². The van der Waals surface area contributed by atoms with Crippen molar-refractivity contribution >= 4 is 18.0 Å². The average molecular weight is 397 g/mol. The van der Waals surface area contributed by atoms with E-state index in [-0.39, 0.29) is 12.3 Å². The van der Waals surface area contributed by atoms with Crippen LogP contribution in [0.2, 0.25) is 0 Å². The van der Waals surface area contributed by atoms with E-state index >= 15 is 0 Å². The molecule has 7 nitrogen and oxygen atoms in total. The third-order valence-electron chi connectivity index (χ3n) is 5.14. The number of aliphatic carboxylic acids is 1. The van der Waals surface area contributed by atoms with Gasteiger partial charge in [-0.2, -0.15) is 5.10 Å². The van der Waals surface area contributed by atoms with Crippen LogP contribution in [-0.4, -0.2) is 57.5 Å². The number of hydrogen-bond donors (Lipinski definition) is 1. The number of aryl methyl sites for hydroxylation is 2. The third kappa shape index (κ3) is 5.32. The van der Waals surface area contributed by atoms with Gasteiger partial charge in [0.05, 0.1) is 31.4 Å². The molecule has 7 heteroatoms. The van der Waals surface area contributed by atoms with Crippen LogP contribution in [0.4, 0.5) is 0 Å². The quantitative estimate of drug-likeness (QED) is 0.758. The standard InChI is InChI=1S/C22H27N3O4/c1-15-4-6-18(7-5-15)13-25-17(3)20(16(2)23-25)8-9-21(26)24-10-11-29-19(14-24)12-22(27)28/h4-9,19H,10-14H2,1-3H3,(H,27,28)/b9-8+. The molecule has 1 aromatic carbocycles. The van der Waals surface area contributed by atoms with Crippen molar-refractivity contribution in [2.45, 2.75) is 39.8 Å². The van der Waals surface area contributed by atoms with E-state index in [2.05, 4.69) is 36.3 Å². The Hall–Kier alpha value is -2.93. The van der Waals surface area contributed by atoms with Crippen molar-refractivity contribution in [3.05, 3.63) is 58.4 Å². The fourth-order valence-electron chi connectivity index (χ4n) is 3.47. The summed E-state index contributed by atoms with van der Waals surface area (Å²) in [7, 11) is 0. The Morgan fingerprint density at radius 1 is 1.24 bits per heavy atom. The zero-order valence-electron chi connectivity index (χ0n) is 17.1. The van der Waals surface area contributed by atoms with E-state index in [9.17, 15) is 9.59 Å². The molecule has 154 valence electrons. The molecule has 0 spiro atoms. The van der Waals surface area contributed by atoms with Crippen LogP contribution in [0.15, 0.2) is 30.3 Å². The predicted octanol–water partition coefficient (Wildman–Crippen LogP) is 2.57. The second-order valence-electron chi connectivity index (χ2n) is 7.44. The van der Waals surface area contributed by atoms with Gasteiger partial charge in [0.25, 0.3) is 0 Å². The molecule has 0 radical (unpaired) electrons. The number of nitrogens with zero attached hydrogens (tertiary/aromatic N) is 3. The first kappa shape index (κ1) is 20.8. The minimum Gasteiger partial charge on any atom is -0.481 e. The minimum atomic E-state index is -0.924. The SMILES string of the molecule is Cc1ccc(Cn2nc(C)c(/C=C/C(=O)N3CCOC(CC(=O)O)C3)c2C)cc1. The highest BCUT2D eigenvalue weighted by Crippen LogP contribution is 2.17. The van der Waals surface area contributed by atoms with Gasteiger partial charge in [-0.3, -0.25) is 14.3 Å². The van der Waals surface area contributed by atoms with E-state index < -0.39 is 12.1 Å². The maximum absolute atomic E-state index is 12.6. The summed E-state index contributed by atoms with van der Waals surface area (Å²) >= 11 is 0. The summed E-state index contributed by atoms with van der Waals surface area (Å²) in [6, 6.07) is 8.36. The van der Waals surface area contributed by atoms with Gasteiger partial charge in [0, 0.05) is 30.4 Å². The van der Waals surface area contributed by atoms with Crippen molar-refractivity contribution < 1.29 is 19.4 Å². The lowest BCUT2D eigenvalue weighted by Crippen LogP contribution is -2.45. The van der Waals surface area contributed by atoms with Crippen molar-refractivity contribution in [1.82, 2.24) is 14.7 Å². The molecule has 1 aliphatic heterocycles. The van der Waals surface area contributed by atoms with Crippen molar-refractivity contribution in [3.8, 4) is 0 Å². The normalized spacial score (nSPS) is 17.1. The molecular formula is C22H27N3O4. The smallest absolute Gasteiger partial charge is 0.306 e. The summed E-state index contributed by atoms with van der Waals surface area (Å²) < 4.78 is 7.37. The number of carboxylic acids is 1. The molecule has 2 heterocycles. The maximum atomic E-state index is 12.6. The molecule has 1 fully saturated rings. The van der Waals surface area contributed by atoms with E-state index in [0.717, 1.165) is 17.0 Å². The summed E-state index contributed by atoms with van der Waals surface area (Å²) in [5, 5.41) is 13.5. The Balaban J connectivity index is 1.68. The summed E-state index contributed by atoms with van der Waals surface area (Å²) in [6.07, 6.45) is 2.78. The number of hydrogen-bond acceptors (Lipinski definition) is 4. The minimum absolute atomic E-state index is 0.0997. The Kier molecular flexibility index (Phi) is 6.49. The largest absolute Gasteiger partial charge is 0.481 e. The average Bonchev–Trinajstić information content (AvgIpc) is 2.94. The van der Waals surface area contributed by atoms with E-state index in [1.165, 1.54) is 17.2 Å². The first-order valence-electron chi connectivity index (χ1n) is 9.73. The zero-order valence-corrected chi connectivity index (χ0v) is 17.1. The summed E-state index contributed by atoms with van der Waals surface area (Å²) in [4.78, 5) is 25.1. The molecule has 0 saturated carbocycles. The summed E-state index contributed by atoms with van der Waals surface area (Å²) in [5.41, 5.74) is 5.19. The Morgan fingerprint density at radius 2 is 1.97 bits per heavy atom. The Bertz CT molecular complexity index is 915. The van der Waals surface area contributed by atoms with Gasteiger partial charge in [0.15, 0.2) is 0 Å². The van der Waals surface area contributed by atoms with Crippen molar-refractivity contribution in [2.75, 3.05) is 19.7 Å². The number of benzene rings is 1. The molecule has 3 rings (SSSR count). The molecule has 1 N–H and O–H groups in total. The monoisotopic (exact) mass is 397 g/mol. The molecule has 1 unspecified atom stereocenters. The molecule has 1 aromatic heterocycles. The van der Waals surface area contributed by atoms with Crippen LogP contribution in [0.3, 0.4) is 0 Å². The number of rotatable bonds is 6. The second-order valence-corrected chi connectivity index (χ2v) is 7.44. The lowest BCUT2D eigenvalue weighted by molar-refractivity contribution is -0.145.